The highest BCUT2D eigenvalue weighted by Gasteiger charge is 2.51. The standard InChI is InChI=1S/C11H21NO7/c1-5(2)7(10(17)18)12-11(4-13)9(16)8(15)6(14)3-19-11/h5-9,12-16H,3-4H2,1-2H3,(H,17,18)/t6-,7?,8-,9?,11?/m1/s1. The summed E-state index contributed by atoms with van der Waals surface area (Å²) >= 11 is 0. The van der Waals surface area contributed by atoms with E-state index in [1.807, 2.05) is 0 Å². The monoisotopic (exact) mass is 279 g/mol. The number of aliphatic hydroxyl groups is 4. The first-order chi connectivity index (χ1) is 8.75. The third kappa shape index (κ3) is 3.22. The lowest BCUT2D eigenvalue weighted by Crippen LogP contribution is -2.71. The first-order valence-corrected chi connectivity index (χ1v) is 6.04. The minimum Gasteiger partial charge on any atom is -0.480 e. The molecular formula is C11H21NO7. The largest absolute Gasteiger partial charge is 0.480 e. The summed E-state index contributed by atoms with van der Waals surface area (Å²) in [5, 5.41) is 49.9. The fourth-order valence-corrected chi connectivity index (χ4v) is 1.99. The number of aliphatic carboxylic acids is 1. The molecule has 1 saturated heterocycles. The van der Waals surface area contributed by atoms with Crippen LogP contribution in [-0.2, 0) is 9.53 Å². The van der Waals surface area contributed by atoms with Crippen molar-refractivity contribution in [2.45, 2.75) is 43.9 Å². The minimum atomic E-state index is -1.81. The van der Waals surface area contributed by atoms with Gasteiger partial charge in [-0.15, -0.1) is 0 Å². The van der Waals surface area contributed by atoms with Crippen molar-refractivity contribution in [1.29, 1.82) is 0 Å². The zero-order valence-electron chi connectivity index (χ0n) is 10.9. The van der Waals surface area contributed by atoms with E-state index in [0.29, 0.717) is 0 Å². The van der Waals surface area contributed by atoms with Crippen molar-refractivity contribution in [2.75, 3.05) is 13.2 Å². The molecule has 0 aromatic heterocycles. The highest BCUT2D eigenvalue weighted by atomic mass is 16.6. The molecule has 5 atom stereocenters. The Labute approximate surface area is 110 Å². The molecule has 0 aliphatic carbocycles. The number of rotatable bonds is 5. The number of carboxylic acids is 1. The lowest BCUT2D eigenvalue weighted by Gasteiger charge is -2.46. The molecule has 8 nitrogen and oxygen atoms in total. The van der Waals surface area contributed by atoms with Crippen molar-refractivity contribution in [3.05, 3.63) is 0 Å². The summed E-state index contributed by atoms with van der Waals surface area (Å²) in [6.07, 6.45) is -4.48. The summed E-state index contributed by atoms with van der Waals surface area (Å²) in [7, 11) is 0. The molecule has 0 aromatic carbocycles. The van der Waals surface area contributed by atoms with Crippen molar-refractivity contribution in [3.8, 4) is 0 Å². The van der Waals surface area contributed by atoms with E-state index >= 15 is 0 Å². The Morgan fingerprint density at radius 3 is 2.42 bits per heavy atom. The van der Waals surface area contributed by atoms with Crippen LogP contribution in [0, 0.1) is 5.92 Å². The average Bonchev–Trinajstić information content (AvgIpc) is 2.35. The highest BCUT2D eigenvalue weighted by Crippen LogP contribution is 2.25. The van der Waals surface area contributed by atoms with Crippen molar-refractivity contribution in [2.24, 2.45) is 5.92 Å². The molecule has 8 heteroatoms. The van der Waals surface area contributed by atoms with Gasteiger partial charge >= 0.3 is 5.97 Å². The number of carbonyl (C=O) groups is 1. The Kier molecular flexibility index (Phi) is 5.25. The van der Waals surface area contributed by atoms with Gasteiger partial charge in [0.1, 0.15) is 24.4 Å². The van der Waals surface area contributed by atoms with E-state index in [9.17, 15) is 25.2 Å². The number of nitrogens with one attached hydrogen (secondary N) is 1. The minimum absolute atomic E-state index is 0.323. The Bertz CT molecular complexity index is 324. The van der Waals surface area contributed by atoms with Gasteiger partial charge in [0.25, 0.3) is 0 Å². The Hall–Kier alpha value is -0.770. The average molecular weight is 279 g/mol. The van der Waals surface area contributed by atoms with Crippen LogP contribution in [0.2, 0.25) is 0 Å². The van der Waals surface area contributed by atoms with Gasteiger partial charge in [0.15, 0.2) is 5.72 Å². The predicted molar refractivity (Wildman–Crippen MR) is 63.2 cm³/mol. The van der Waals surface area contributed by atoms with Crippen LogP contribution < -0.4 is 5.32 Å². The molecular weight excluding hydrogens is 258 g/mol. The van der Waals surface area contributed by atoms with Gasteiger partial charge < -0.3 is 30.3 Å². The highest BCUT2D eigenvalue weighted by molar-refractivity contribution is 5.73. The maximum Gasteiger partial charge on any atom is 0.321 e. The fourth-order valence-electron chi connectivity index (χ4n) is 1.99. The van der Waals surface area contributed by atoms with E-state index in [4.69, 9.17) is 9.84 Å². The van der Waals surface area contributed by atoms with Crippen LogP contribution in [0.15, 0.2) is 0 Å². The maximum atomic E-state index is 11.1. The normalized spacial score (nSPS) is 37.3. The van der Waals surface area contributed by atoms with E-state index in [0.717, 1.165) is 0 Å². The number of hydrogen-bond acceptors (Lipinski definition) is 7. The van der Waals surface area contributed by atoms with Crippen LogP contribution in [0.1, 0.15) is 13.8 Å². The van der Waals surface area contributed by atoms with Gasteiger partial charge in [-0.2, -0.15) is 0 Å². The Balaban J connectivity index is 2.94. The molecule has 1 aliphatic rings. The fraction of sp³-hybridized carbons (Fsp3) is 0.909. The van der Waals surface area contributed by atoms with Crippen LogP contribution in [0.5, 0.6) is 0 Å². The van der Waals surface area contributed by atoms with E-state index in [-0.39, 0.29) is 12.5 Å². The summed E-state index contributed by atoms with van der Waals surface area (Å²) < 4.78 is 5.16. The zero-order valence-corrected chi connectivity index (χ0v) is 10.9. The van der Waals surface area contributed by atoms with Crippen LogP contribution in [0.4, 0.5) is 0 Å². The molecule has 6 N–H and O–H groups in total. The number of aliphatic hydroxyl groups excluding tert-OH is 4. The van der Waals surface area contributed by atoms with Crippen LogP contribution in [0.3, 0.4) is 0 Å². The number of carboxylic acid groups (broad SMARTS) is 1. The molecule has 0 bridgehead atoms. The van der Waals surface area contributed by atoms with E-state index < -0.39 is 42.7 Å². The van der Waals surface area contributed by atoms with Crippen molar-refractivity contribution in [1.82, 2.24) is 5.32 Å². The summed E-state index contributed by atoms with van der Waals surface area (Å²) in [5.74, 6) is -1.50. The van der Waals surface area contributed by atoms with Gasteiger partial charge in [0.05, 0.1) is 13.2 Å². The molecule has 1 fully saturated rings. The van der Waals surface area contributed by atoms with Crippen molar-refractivity contribution < 1.29 is 35.1 Å². The molecule has 1 rings (SSSR count). The SMILES string of the molecule is CC(C)C(NC1(CO)OC[C@@H](O)[C@@H](O)C1O)C(=O)O. The second-order valence-corrected chi connectivity index (χ2v) is 5.07. The molecule has 112 valence electrons. The lowest BCUT2D eigenvalue weighted by atomic mass is 9.92. The molecule has 0 radical (unpaired) electrons. The van der Waals surface area contributed by atoms with Gasteiger partial charge in [-0.05, 0) is 5.92 Å². The smallest absolute Gasteiger partial charge is 0.321 e. The molecule has 0 aromatic rings. The van der Waals surface area contributed by atoms with Crippen LogP contribution in [-0.4, -0.2) is 74.8 Å². The molecule has 1 heterocycles. The molecule has 0 amide bonds. The topological polar surface area (TPSA) is 139 Å². The Morgan fingerprint density at radius 2 is 2.00 bits per heavy atom. The zero-order chi connectivity index (χ0) is 14.8. The summed E-state index contributed by atoms with van der Waals surface area (Å²) in [6.45, 7) is 2.24. The van der Waals surface area contributed by atoms with Crippen molar-refractivity contribution >= 4 is 5.97 Å². The maximum absolute atomic E-state index is 11.1. The lowest BCUT2D eigenvalue weighted by molar-refractivity contribution is -0.262. The van der Waals surface area contributed by atoms with Gasteiger partial charge in [-0.3, -0.25) is 10.1 Å². The molecule has 0 saturated carbocycles. The quantitative estimate of drug-likeness (QED) is 0.324. The summed E-state index contributed by atoms with van der Waals surface area (Å²) in [6, 6.07) is -1.08. The second kappa shape index (κ2) is 6.12. The van der Waals surface area contributed by atoms with Gasteiger partial charge in [0, 0.05) is 0 Å². The second-order valence-electron chi connectivity index (χ2n) is 5.07. The summed E-state index contributed by atoms with van der Waals surface area (Å²) in [4.78, 5) is 11.1. The van der Waals surface area contributed by atoms with Crippen LogP contribution >= 0.6 is 0 Å². The molecule has 1 aliphatic heterocycles. The molecule has 19 heavy (non-hydrogen) atoms. The van der Waals surface area contributed by atoms with Gasteiger partial charge in [0.2, 0.25) is 0 Å². The van der Waals surface area contributed by atoms with Gasteiger partial charge in [-0.1, -0.05) is 13.8 Å². The first-order valence-electron chi connectivity index (χ1n) is 6.04. The predicted octanol–water partition coefficient (Wildman–Crippen LogP) is -2.51. The Morgan fingerprint density at radius 1 is 1.42 bits per heavy atom. The van der Waals surface area contributed by atoms with Crippen LogP contribution in [0.25, 0.3) is 0 Å². The number of ether oxygens (including phenoxy) is 1. The van der Waals surface area contributed by atoms with E-state index in [1.165, 1.54) is 0 Å². The van der Waals surface area contributed by atoms with Crippen molar-refractivity contribution in [3.63, 3.8) is 0 Å². The molecule has 0 spiro atoms. The van der Waals surface area contributed by atoms with E-state index in [2.05, 4.69) is 5.32 Å². The van der Waals surface area contributed by atoms with E-state index in [1.54, 1.807) is 13.8 Å². The van der Waals surface area contributed by atoms with Gasteiger partial charge in [-0.25, -0.2) is 0 Å². The third-order valence-corrected chi connectivity index (χ3v) is 3.27. The molecule has 3 unspecified atom stereocenters. The third-order valence-electron chi connectivity index (χ3n) is 3.27. The summed E-state index contributed by atoms with van der Waals surface area (Å²) in [5.41, 5.74) is -1.81. The first kappa shape index (κ1) is 16.3. The number of hydrogen-bond donors (Lipinski definition) is 6.